The number of aliphatic carboxylic acids is 1. The lowest BCUT2D eigenvalue weighted by Gasteiger charge is -2.10. The van der Waals surface area contributed by atoms with Crippen molar-refractivity contribution in [1.29, 1.82) is 0 Å². The Morgan fingerprint density at radius 1 is 0.846 bits per heavy atom. The summed E-state index contributed by atoms with van der Waals surface area (Å²) in [5, 5.41) is 26.8. The Bertz CT molecular complexity index is 2290. The van der Waals surface area contributed by atoms with Gasteiger partial charge in [-0.05, 0) is 83.8 Å². The molecule has 258 valence electrons. The average Bonchev–Trinajstić information content (AvgIpc) is 3.90. The largest absolute Gasteiger partial charge is 0.679 e. The van der Waals surface area contributed by atoms with Crippen molar-refractivity contribution >= 4 is 36.3 Å². The molecule has 1 aliphatic rings. The summed E-state index contributed by atoms with van der Waals surface area (Å²) in [4.78, 5) is 20.5. The highest BCUT2D eigenvalue weighted by molar-refractivity contribution is 6.43. The van der Waals surface area contributed by atoms with Crippen LogP contribution in [0.25, 0.3) is 28.0 Å². The van der Waals surface area contributed by atoms with Gasteiger partial charge in [0.25, 0.3) is 0 Å². The number of aryl methyl sites for hydroxylation is 1. The molecule has 0 radical (unpaired) electrons. The van der Waals surface area contributed by atoms with Crippen molar-refractivity contribution in [2.75, 3.05) is 0 Å². The second kappa shape index (κ2) is 15.1. The number of phenolic OH excluding ortho intramolecular Hbond substituents is 1. The van der Waals surface area contributed by atoms with Gasteiger partial charge in [0, 0.05) is 35.4 Å². The molecule has 13 heteroatoms. The third-order valence-corrected chi connectivity index (χ3v) is 8.40. The number of nitrogens with zero attached hydrogens (tertiary/aromatic N) is 6. The number of allylic oxidation sites excluding steroid dienone is 1. The number of amidine groups is 1. The first-order chi connectivity index (χ1) is 25.3. The summed E-state index contributed by atoms with van der Waals surface area (Å²) in [7, 11) is -2.93. The summed E-state index contributed by atoms with van der Waals surface area (Å²) in [5.74, 6) is 0.0955. The van der Waals surface area contributed by atoms with Crippen LogP contribution >= 0.6 is 0 Å². The van der Waals surface area contributed by atoms with E-state index in [1.54, 1.807) is 41.2 Å². The number of ether oxygens (including phenoxy) is 1. The first kappa shape index (κ1) is 33.9. The van der Waals surface area contributed by atoms with Crippen molar-refractivity contribution in [1.82, 2.24) is 19.5 Å². The van der Waals surface area contributed by atoms with Crippen LogP contribution in [0, 0.1) is 0 Å². The Labute approximate surface area is 297 Å². The van der Waals surface area contributed by atoms with Crippen molar-refractivity contribution < 1.29 is 28.4 Å². The van der Waals surface area contributed by atoms with Crippen LogP contribution in [-0.4, -0.2) is 54.6 Å². The Morgan fingerprint density at radius 3 is 2.19 bits per heavy atom. The molecule has 0 aliphatic carbocycles. The number of halogens is 2. The van der Waals surface area contributed by atoms with E-state index in [9.17, 15) is 9.90 Å². The molecule has 0 saturated carbocycles. The fraction of sp³-hybridized carbons (Fsp3) is 0.103. The fourth-order valence-electron chi connectivity index (χ4n) is 5.87. The van der Waals surface area contributed by atoms with Crippen molar-refractivity contribution in [3.05, 3.63) is 144 Å². The molecule has 6 aromatic rings. The molecule has 0 unspecified atom stereocenters. The number of rotatable bonds is 13. The number of aromatic nitrogens is 4. The number of carboxylic acid groups (broad SMARTS) is 1. The molecule has 0 atom stereocenters. The van der Waals surface area contributed by atoms with Crippen molar-refractivity contribution in [2.45, 2.75) is 26.0 Å². The molecule has 2 N–H and O–H groups in total. The van der Waals surface area contributed by atoms with E-state index in [0.29, 0.717) is 52.4 Å². The SMILES string of the molecule is O=C(O)CCCn1cc(COc2ccc(C3=N/C(=N\c4c(-c5ccccc5)cc(-c5ccc(O)cc5)n4B(F)F)C(c4ccccc4)=C3)cc2)nn1. The number of aromatic hydroxyl groups is 1. The first-order valence-corrected chi connectivity index (χ1v) is 16.5. The molecule has 0 amide bonds. The third-order valence-electron chi connectivity index (χ3n) is 8.40. The van der Waals surface area contributed by atoms with Gasteiger partial charge in [0.05, 0.1) is 11.9 Å². The lowest BCUT2D eigenvalue weighted by atomic mass is 10.0. The standard InChI is InChI=1S/C39H31BF2N6O4/c41-40(42)48-36(29-13-17-31(49)18-14-29)23-34(27-10-5-2-6-11-27)39(48)44-38-33(26-8-3-1-4-9-26)22-35(43-38)28-15-19-32(20-16-28)52-25-30-24-47(46-45-30)21-7-12-37(50)51/h1-6,8-11,13-20,22-24,49H,7,12,21,25H2,(H,50,51)/b44-38-. The monoisotopic (exact) mass is 696 g/mol. The van der Waals surface area contributed by atoms with E-state index < -0.39 is 13.4 Å². The van der Waals surface area contributed by atoms with Gasteiger partial charge in [-0.15, -0.1) is 5.10 Å². The molecule has 7 rings (SSSR count). The minimum atomic E-state index is -2.93. The molecular formula is C39H31BF2N6O4. The van der Waals surface area contributed by atoms with Gasteiger partial charge in [0.2, 0.25) is 0 Å². The van der Waals surface area contributed by atoms with Crippen LogP contribution in [0.15, 0.2) is 138 Å². The van der Waals surface area contributed by atoms with E-state index in [-0.39, 0.29) is 36.1 Å². The quantitative estimate of drug-likeness (QED) is 0.118. The van der Waals surface area contributed by atoms with E-state index in [1.807, 2.05) is 78.9 Å². The number of hydrogen-bond donors (Lipinski definition) is 2. The highest BCUT2D eigenvalue weighted by Gasteiger charge is 2.30. The maximum atomic E-state index is 15.1. The van der Waals surface area contributed by atoms with Crippen LogP contribution < -0.4 is 4.74 Å². The van der Waals surface area contributed by atoms with Crippen LogP contribution in [0.2, 0.25) is 0 Å². The molecule has 0 bridgehead atoms. The molecule has 1 aliphatic heterocycles. The molecule has 52 heavy (non-hydrogen) atoms. The van der Waals surface area contributed by atoms with Gasteiger partial charge in [0.1, 0.15) is 29.6 Å². The van der Waals surface area contributed by atoms with Crippen molar-refractivity contribution in [3.8, 4) is 33.9 Å². The van der Waals surface area contributed by atoms with Gasteiger partial charge < -0.3 is 19.4 Å². The molecule has 10 nitrogen and oxygen atoms in total. The highest BCUT2D eigenvalue weighted by atomic mass is 19.2. The van der Waals surface area contributed by atoms with Crippen molar-refractivity contribution in [3.63, 3.8) is 0 Å². The maximum Gasteiger partial charge on any atom is 0.679 e. The minimum Gasteiger partial charge on any atom is -0.508 e. The summed E-state index contributed by atoms with van der Waals surface area (Å²) >= 11 is 0. The zero-order valence-electron chi connectivity index (χ0n) is 27.7. The summed E-state index contributed by atoms with van der Waals surface area (Å²) in [6.45, 7) is 0.620. The first-order valence-electron chi connectivity index (χ1n) is 16.5. The van der Waals surface area contributed by atoms with Gasteiger partial charge in [-0.25, -0.2) is 9.98 Å². The zero-order chi connectivity index (χ0) is 36.0. The van der Waals surface area contributed by atoms with Gasteiger partial charge in [-0.1, -0.05) is 65.9 Å². The molecule has 3 heterocycles. The fourth-order valence-corrected chi connectivity index (χ4v) is 5.87. The van der Waals surface area contributed by atoms with Crippen LogP contribution in [0.5, 0.6) is 11.5 Å². The van der Waals surface area contributed by atoms with E-state index >= 15 is 8.63 Å². The van der Waals surface area contributed by atoms with E-state index in [4.69, 9.17) is 19.8 Å². The minimum absolute atomic E-state index is 0.0310. The summed E-state index contributed by atoms with van der Waals surface area (Å²) in [5.41, 5.74) is 5.44. The Hall–Kier alpha value is -6.63. The topological polar surface area (TPSA) is 127 Å². The number of benzene rings is 4. The number of aliphatic imine (C=N–C) groups is 2. The lowest BCUT2D eigenvalue weighted by Crippen LogP contribution is -2.14. The smallest absolute Gasteiger partial charge is 0.508 e. The molecule has 2 aromatic heterocycles. The second-order valence-electron chi connectivity index (χ2n) is 12.0. The number of carbonyl (C=O) groups is 1. The Kier molecular flexibility index (Phi) is 9.83. The molecular weight excluding hydrogens is 665 g/mol. The van der Waals surface area contributed by atoms with Gasteiger partial charge in [-0.2, -0.15) is 0 Å². The van der Waals surface area contributed by atoms with E-state index in [1.165, 1.54) is 12.1 Å². The Morgan fingerprint density at radius 2 is 1.52 bits per heavy atom. The third kappa shape index (κ3) is 7.58. The predicted octanol–water partition coefficient (Wildman–Crippen LogP) is 7.95. The molecule has 0 spiro atoms. The van der Waals surface area contributed by atoms with Gasteiger partial charge in [-0.3, -0.25) is 18.1 Å². The average molecular weight is 697 g/mol. The van der Waals surface area contributed by atoms with E-state index in [2.05, 4.69) is 10.3 Å². The highest BCUT2D eigenvalue weighted by Crippen LogP contribution is 2.40. The number of hydrogen-bond acceptors (Lipinski definition) is 6. The summed E-state index contributed by atoms with van der Waals surface area (Å²) in [6.07, 6.45) is 4.12. The summed E-state index contributed by atoms with van der Waals surface area (Å²) in [6, 6.07) is 33.9. The van der Waals surface area contributed by atoms with Crippen molar-refractivity contribution in [2.24, 2.45) is 9.98 Å². The van der Waals surface area contributed by atoms with Gasteiger partial charge in [0.15, 0.2) is 5.84 Å². The molecule has 0 saturated heterocycles. The van der Waals surface area contributed by atoms with Gasteiger partial charge >= 0.3 is 13.4 Å². The summed E-state index contributed by atoms with van der Waals surface area (Å²) < 4.78 is 38.5. The van der Waals surface area contributed by atoms with Crippen LogP contribution in [-0.2, 0) is 17.9 Å². The molecule has 4 aromatic carbocycles. The van der Waals surface area contributed by atoms with Crippen LogP contribution in [0.4, 0.5) is 14.4 Å². The van der Waals surface area contributed by atoms with Crippen LogP contribution in [0.3, 0.4) is 0 Å². The van der Waals surface area contributed by atoms with E-state index in [0.717, 1.165) is 15.6 Å². The maximum absolute atomic E-state index is 15.1. The molecule has 0 fully saturated rings. The Balaban J connectivity index is 1.22. The number of carboxylic acids is 1. The normalized spacial score (nSPS) is 13.2. The van der Waals surface area contributed by atoms with Crippen LogP contribution in [0.1, 0.15) is 29.7 Å². The zero-order valence-corrected chi connectivity index (χ0v) is 27.7. The number of phenols is 1. The predicted molar refractivity (Wildman–Crippen MR) is 196 cm³/mol. The second-order valence-corrected chi connectivity index (χ2v) is 12.0. The lowest BCUT2D eigenvalue weighted by molar-refractivity contribution is -0.137.